The number of halogens is 1. The molecule has 40 heavy (non-hydrogen) atoms. The van der Waals surface area contributed by atoms with Gasteiger partial charge in [0.25, 0.3) is 0 Å². The van der Waals surface area contributed by atoms with E-state index in [9.17, 15) is 22.4 Å². The molecule has 7 nitrogen and oxygen atoms in total. The second-order valence-corrected chi connectivity index (χ2v) is 12.3. The van der Waals surface area contributed by atoms with E-state index < -0.39 is 34.3 Å². The van der Waals surface area contributed by atoms with Gasteiger partial charge in [0.05, 0.1) is 11.9 Å². The van der Waals surface area contributed by atoms with Gasteiger partial charge in [-0.1, -0.05) is 73.5 Å². The van der Waals surface area contributed by atoms with Crippen LogP contribution in [0.1, 0.15) is 42.4 Å². The molecule has 1 aliphatic rings. The predicted octanol–water partition coefficient (Wildman–Crippen LogP) is 4.60. The summed E-state index contributed by atoms with van der Waals surface area (Å²) in [5.74, 6) is -1.44. The Balaban J connectivity index is 1.73. The van der Waals surface area contributed by atoms with Crippen LogP contribution >= 0.6 is 0 Å². The minimum Gasteiger partial charge on any atom is -0.352 e. The second-order valence-electron chi connectivity index (χ2n) is 10.4. The first-order valence-electron chi connectivity index (χ1n) is 13.5. The molecule has 4 rings (SSSR count). The average molecular weight is 566 g/mol. The van der Waals surface area contributed by atoms with E-state index in [0.717, 1.165) is 59.0 Å². The molecular weight excluding hydrogens is 529 g/mol. The SMILES string of the molecule is Cc1ccccc1CN(C(=O)CN(c1cccc(F)c1)S(C)(=O)=O)[C@H](Cc1ccccc1)C(=O)NC1CCCC1. The van der Waals surface area contributed by atoms with Crippen molar-refractivity contribution in [3.05, 3.63) is 101 Å². The lowest BCUT2D eigenvalue weighted by Gasteiger charge is -2.34. The molecule has 0 unspecified atom stereocenters. The lowest BCUT2D eigenvalue weighted by Crippen LogP contribution is -2.54. The van der Waals surface area contributed by atoms with Crippen molar-refractivity contribution in [2.45, 2.75) is 57.7 Å². The number of sulfonamides is 1. The van der Waals surface area contributed by atoms with Crippen molar-refractivity contribution in [1.82, 2.24) is 10.2 Å². The van der Waals surface area contributed by atoms with Crippen molar-refractivity contribution in [2.75, 3.05) is 17.1 Å². The Kier molecular flexibility index (Phi) is 9.58. The number of rotatable bonds is 11. The summed E-state index contributed by atoms with van der Waals surface area (Å²) < 4.78 is 40.5. The maximum Gasteiger partial charge on any atom is 0.244 e. The van der Waals surface area contributed by atoms with Gasteiger partial charge in [0, 0.05) is 19.0 Å². The molecule has 1 atom stereocenters. The van der Waals surface area contributed by atoms with Crippen molar-refractivity contribution in [2.24, 2.45) is 0 Å². The molecule has 0 heterocycles. The third-order valence-electron chi connectivity index (χ3n) is 7.35. The highest BCUT2D eigenvalue weighted by atomic mass is 32.2. The van der Waals surface area contributed by atoms with Crippen molar-refractivity contribution in [3.8, 4) is 0 Å². The molecule has 0 aromatic heterocycles. The largest absolute Gasteiger partial charge is 0.352 e. The fraction of sp³-hybridized carbons (Fsp3) is 0.355. The van der Waals surface area contributed by atoms with Crippen molar-refractivity contribution >= 4 is 27.5 Å². The van der Waals surface area contributed by atoms with Crippen LogP contribution in [0.2, 0.25) is 0 Å². The number of nitrogens with one attached hydrogen (secondary N) is 1. The van der Waals surface area contributed by atoms with Crippen molar-refractivity contribution in [1.29, 1.82) is 0 Å². The van der Waals surface area contributed by atoms with Gasteiger partial charge < -0.3 is 10.2 Å². The van der Waals surface area contributed by atoms with Gasteiger partial charge in [-0.3, -0.25) is 13.9 Å². The molecular formula is C31H36FN3O4S. The average Bonchev–Trinajstić information content (AvgIpc) is 3.43. The van der Waals surface area contributed by atoms with Crippen LogP contribution in [0.4, 0.5) is 10.1 Å². The van der Waals surface area contributed by atoms with E-state index in [0.29, 0.717) is 0 Å². The third kappa shape index (κ3) is 7.69. The molecule has 3 aromatic rings. The summed E-state index contributed by atoms with van der Waals surface area (Å²) in [6.45, 7) is 1.47. The monoisotopic (exact) mass is 565 g/mol. The minimum absolute atomic E-state index is 0.0426. The van der Waals surface area contributed by atoms with Gasteiger partial charge in [-0.15, -0.1) is 0 Å². The van der Waals surface area contributed by atoms with Crippen LogP contribution in [-0.4, -0.2) is 50.0 Å². The number of benzene rings is 3. The van der Waals surface area contributed by atoms with Gasteiger partial charge in [0.2, 0.25) is 21.8 Å². The maximum atomic E-state index is 14.1. The zero-order chi connectivity index (χ0) is 28.7. The summed E-state index contributed by atoms with van der Waals surface area (Å²) >= 11 is 0. The first-order valence-corrected chi connectivity index (χ1v) is 15.4. The third-order valence-corrected chi connectivity index (χ3v) is 8.49. The van der Waals surface area contributed by atoms with Gasteiger partial charge in [-0.05, 0) is 54.7 Å². The smallest absolute Gasteiger partial charge is 0.244 e. The molecule has 9 heteroatoms. The molecule has 0 aliphatic heterocycles. The molecule has 1 aliphatic carbocycles. The number of anilines is 1. The number of nitrogens with zero attached hydrogens (tertiary/aromatic N) is 2. The number of hydrogen-bond donors (Lipinski definition) is 1. The molecule has 1 N–H and O–H groups in total. The zero-order valence-electron chi connectivity index (χ0n) is 22.9. The van der Waals surface area contributed by atoms with E-state index >= 15 is 0 Å². The Morgan fingerprint density at radius 3 is 2.30 bits per heavy atom. The molecule has 1 fully saturated rings. The topological polar surface area (TPSA) is 86.8 Å². The highest BCUT2D eigenvalue weighted by Gasteiger charge is 2.34. The summed E-state index contributed by atoms with van der Waals surface area (Å²) in [5, 5.41) is 3.14. The summed E-state index contributed by atoms with van der Waals surface area (Å²) in [6.07, 6.45) is 5.09. The van der Waals surface area contributed by atoms with Crippen LogP contribution in [0.5, 0.6) is 0 Å². The van der Waals surface area contributed by atoms with Crippen molar-refractivity contribution < 1.29 is 22.4 Å². The van der Waals surface area contributed by atoms with Crippen LogP contribution in [0.3, 0.4) is 0 Å². The summed E-state index contributed by atoms with van der Waals surface area (Å²) in [7, 11) is -3.95. The summed E-state index contributed by atoms with van der Waals surface area (Å²) in [5.41, 5.74) is 2.71. The Hall–Kier alpha value is -3.72. The van der Waals surface area contributed by atoms with Crippen LogP contribution in [-0.2, 0) is 32.6 Å². The Labute approximate surface area is 236 Å². The molecule has 1 saturated carbocycles. The van der Waals surface area contributed by atoms with E-state index in [4.69, 9.17) is 0 Å². The fourth-order valence-electron chi connectivity index (χ4n) is 5.14. The first-order chi connectivity index (χ1) is 19.1. The summed E-state index contributed by atoms with van der Waals surface area (Å²) in [4.78, 5) is 29.4. The van der Waals surface area contributed by atoms with Gasteiger partial charge in [0.15, 0.2) is 0 Å². The molecule has 0 radical (unpaired) electrons. The van der Waals surface area contributed by atoms with Gasteiger partial charge in [-0.2, -0.15) is 0 Å². The molecule has 0 bridgehead atoms. The van der Waals surface area contributed by atoms with E-state index in [1.165, 1.54) is 23.1 Å². The van der Waals surface area contributed by atoms with E-state index in [1.54, 1.807) is 0 Å². The standard InChI is InChI=1S/C31H36FN3O4S/c1-23-11-6-7-14-25(23)21-34(30(36)22-35(40(2,38)39)28-18-10-15-26(32)20-28)29(19-24-12-4-3-5-13-24)31(37)33-27-16-8-9-17-27/h3-7,10-15,18,20,27,29H,8-9,16-17,19,21-22H2,1-2H3,(H,33,37)/t29-/m1/s1. The van der Waals surface area contributed by atoms with Crippen molar-refractivity contribution in [3.63, 3.8) is 0 Å². The highest BCUT2D eigenvalue weighted by Crippen LogP contribution is 2.23. The fourth-order valence-corrected chi connectivity index (χ4v) is 5.98. The Bertz CT molecular complexity index is 1430. The van der Waals surface area contributed by atoms with Gasteiger partial charge in [-0.25, -0.2) is 12.8 Å². The van der Waals surface area contributed by atoms with E-state index in [2.05, 4.69) is 5.32 Å². The van der Waals surface area contributed by atoms with E-state index in [-0.39, 0.29) is 30.6 Å². The second kappa shape index (κ2) is 13.1. The number of amides is 2. The molecule has 0 spiro atoms. The lowest BCUT2D eigenvalue weighted by atomic mass is 10.0. The quantitative estimate of drug-likeness (QED) is 0.368. The van der Waals surface area contributed by atoms with Gasteiger partial charge in [0.1, 0.15) is 18.4 Å². The number of carbonyl (C=O) groups excluding carboxylic acids is 2. The number of hydrogen-bond acceptors (Lipinski definition) is 4. The van der Waals surface area contributed by atoms with Gasteiger partial charge >= 0.3 is 0 Å². The lowest BCUT2D eigenvalue weighted by molar-refractivity contribution is -0.140. The van der Waals surface area contributed by atoms with Crippen LogP contribution in [0, 0.1) is 12.7 Å². The van der Waals surface area contributed by atoms with Crippen LogP contribution in [0.25, 0.3) is 0 Å². The molecule has 2 amide bonds. The Morgan fingerprint density at radius 1 is 0.975 bits per heavy atom. The summed E-state index contributed by atoms with van der Waals surface area (Å²) in [6, 6.07) is 21.3. The minimum atomic E-state index is -3.95. The van der Waals surface area contributed by atoms with Crippen LogP contribution < -0.4 is 9.62 Å². The first kappa shape index (κ1) is 29.3. The van der Waals surface area contributed by atoms with Crippen LogP contribution in [0.15, 0.2) is 78.9 Å². The normalized spacial score (nSPS) is 14.5. The Morgan fingerprint density at radius 2 is 1.65 bits per heavy atom. The molecule has 3 aromatic carbocycles. The zero-order valence-corrected chi connectivity index (χ0v) is 23.7. The number of aryl methyl sites for hydroxylation is 1. The maximum absolute atomic E-state index is 14.1. The number of carbonyl (C=O) groups is 2. The van der Waals surface area contributed by atoms with E-state index in [1.807, 2.05) is 61.5 Å². The predicted molar refractivity (Wildman–Crippen MR) is 155 cm³/mol. The highest BCUT2D eigenvalue weighted by molar-refractivity contribution is 7.92. The molecule has 212 valence electrons. The molecule has 0 saturated heterocycles.